The second-order valence-electron chi connectivity index (χ2n) is 5.65. The predicted molar refractivity (Wildman–Crippen MR) is 95.0 cm³/mol. The average Bonchev–Trinajstić information content (AvgIpc) is 2.50. The van der Waals surface area contributed by atoms with Gasteiger partial charge in [-0.25, -0.2) is 4.39 Å². The van der Waals surface area contributed by atoms with Gasteiger partial charge in [0.1, 0.15) is 5.82 Å². The molecule has 3 nitrogen and oxygen atoms in total. The van der Waals surface area contributed by atoms with Crippen molar-refractivity contribution in [3.63, 3.8) is 0 Å². The number of likely N-dealkylation sites (N-methyl/N-ethyl adjacent to an activating group) is 1. The molecule has 2 aromatic rings. The second-order valence-corrected chi connectivity index (χ2v) is 6.57. The molecule has 0 heterocycles. The predicted octanol–water partition coefficient (Wildman–Crippen LogP) is 4.53. The third-order valence-electron chi connectivity index (χ3n) is 3.87. The zero-order chi connectivity index (χ0) is 17.0. The third kappa shape index (κ3) is 4.88. The van der Waals surface area contributed by atoms with Crippen LogP contribution in [-0.4, -0.2) is 24.4 Å². The van der Waals surface area contributed by atoms with Crippen LogP contribution in [0, 0.1) is 12.7 Å². The van der Waals surface area contributed by atoms with E-state index in [1.165, 1.54) is 12.1 Å². The van der Waals surface area contributed by atoms with Gasteiger partial charge in [0.05, 0.1) is 6.54 Å². The van der Waals surface area contributed by atoms with E-state index in [0.717, 1.165) is 21.3 Å². The standard InChI is InChI=1S/C18H20BrFN2O/c1-12-10-15(19)6-9-17(12)21-18(23)11-22(3)13(2)14-4-7-16(20)8-5-14/h4-10,13H,11H2,1-3H3,(H,21,23)/t13-/m1/s1. The lowest BCUT2D eigenvalue weighted by Gasteiger charge is -2.24. The summed E-state index contributed by atoms with van der Waals surface area (Å²) < 4.78 is 14.0. The first-order chi connectivity index (χ1) is 10.9. The fourth-order valence-corrected chi connectivity index (χ4v) is 2.79. The second kappa shape index (κ2) is 7.70. The molecule has 122 valence electrons. The van der Waals surface area contributed by atoms with Crippen LogP contribution in [0.3, 0.4) is 0 Å². The SMILES string of the molecule is Cc1cc(Br)ccc1NC(=O)CN(C)[C@H](C)c1ccc(F)cc1. The highest BCUT2D eigenvalue weighted by Crippen LogP contribution is 2.21. The number of hydrogen-bond acceptors (Lipinski definition) is 2. The highest BCUT2D eigenvalue weighted by atomic mass is 79.9. The van der Waals surface area contributed by atoms with Crippen molar-refractivity contribution in [2.24, 2.45) is 0 Å². The van der Waals surface area contributed by atoms with Crippen molar-refractivity contribution in [2.75, 3.05) is 18.9 Å². The summed E-state index contributed by atoms with van der Waals surface area (Å²) in [7, 11) is 1.88. The molecule has 0 aliphatic rings. The van der Waals surface area contributed by atoms with Crippen LogP contribution in [-0.2, 0) is 4.79 Å². The van der Waals surface area contributed by atoms with Crippen LogP contribution < -0.4 is 5.32 Å². The van der Waals surface area contributed by atoms with Crippen molar-refractivity contribution in [3.05, 3.63) is 63.9 Å². The zero-order valence-electron chi connectivity index (χ0n) is 13.4. The molecule has 1 N–H and O–H groups in total. The fourth-order valence-electron chi connectivity index (χ4n) is 2.32. The first kappa shape index (κ1) is 17.6. The molecule has 0 saturated carbocycles. The Hall–Kier alpha value is -1.72. The number of anilines is 1. The zero-order valence-corrected chi connectivity index (χ0v) is 15.0. The van der Waals surface area contributed by atoms with Crippen LogP contribution in [0.5, 0.6) is 0 Å². The Balaban J connectivity index is 1.97. The van der Waals surface area contributed by atoms with Gasteiger partial charge in [-0.3, -0.25) is 9.69 Å². The maximum Gasteiger partial charge on any atom is 0.238 e. The molecular weight excluding hydrogens is 359 g/mol. The van der Waals surface area contributed by atoms with Crippen molar-refractivity contribution >= 4 is 27.5 Å². The number of rotatable bonds is 5. The van der Waals surface area contributed by atoms with Crippen molar-refractivity contribution in [3.8, 4) is 0 Å². The number of nitrogens with one attached hydrogen (secondary N) is 1. The summed E-state index contributed by atoms with van der Waals surface area (Å²) in [6, 6.07) is 12.1. The summed E-state index contributed by atoms with van der Waals surface area (Å²) in [5, 5.41) is 2.92. The molecule has 0 spiro atoms. The van der Waals surface area contributed by atoms with Crippen molar-refractivity contribution in [1.29, 1.82) is 0 Å². The van der Waals surface area contributed by atoms with Crippen LogP contribution in [0.15, 0.2) is 46.9 Å². The molecule has 0 saturated heterocycles. The lowest BCUT2D eigenvalue weighted by Crippen LogP contribution is -2.32. The molecule has 0 aromatic heterocycles. The van der Waals surface area contributed by atoms with Gasteiger partial charge in [-0.1, -0.05) is 28.1 Å². The van der Waals surface area contributed by atoms with Crippen LogP contribution in [0.25, 0.3) is 0 Å². The molecule has 0 fully saturated rings. The topological polar surface area (TPSA) is 32.3 Å². The van der Waals surface area contributed by atoms with Gasteiger partial charge in [-0.15, -0.1) is 0 Å². The Morgan fingerprint density at radius 2 is 1.91 bits per heavy atom. The minimum atomic E-state index is -0.257. The van der Waals surface area contributed by atoms with Gasteiger partial charge in [0.25, 0.3) is 0 Å². The molecule has 2 aromatic carbocycles. The highest BCUT2D eigenvalue weighted by Gasteiger charge is 2.15. The number of aryl methyl sites for hydroxylation is 1. The molecular formula is C18H20BrFN2O. The number of halogens is 2. The summed E-state index contributed by atoms with van der Waals surface area (Å²) in [4.78, 5) is 14.2. The van der Waals surface area contributed by atoms with Gasteiger partial charge >= 0.3 is 0 Å². The molecule has 23 heavy (non-hydrogen) atoms. The van der Waals surface area contributed by atoms with E-state index in [-0.39, 0.29) is 24.3 Å². The van der Waals surface area contributed by atoms with E-state index in [1.807, 2.05) is 44.0 Å². The minimum Gasteiger partial charge on any atom is -0.325 e. The van der Waals surface area contributed by atoms with Gasteiger partial charge in [0.2, 0.25) is 5.91 Å². The van der Waals surface area contributed by atoms with Crippen LogP contribution in [0.2, 0.25) is 0 Å². The van der Waals surface area contributed by atoms with E-state index in [4.69, 9.17) is 0 Å². The number of amides is 1. The molecule has 0 aliphatic carbocycles. The molecule has 0 unspecified atom stereocenters. The summed E-state index contributed by atoms with van der Waals surface area (Å²) in [6.45, 7) is 4.20. The Morgan fingerprint density at radius 3 is 2.52 bits per heavy atom. The molecule has 2 rings (SSSR count). The van der Waals surface area contributed by atoms with Crippen LogP contribution >= 0.6 is 15.9 Å². The van der Waals surface area contributed by atoms with Gasteiger partial charge in [-0.2, -0.15) is 0 Å². The van der Waals surface area contributed by atoms with Crippen LogP contribution in [0.4, 0.5) is 10.1 Å². The highest BCUT2D eigenvalue weighted by molar-refractivity contribution is 9.10. The normalized spacial score (nSPS) is 12.3. The van der Waals surface area contributed by atoms with Crippen molar-refractivity contribution in [2.45, 2.75) is 19.9 Å². The molecule has 0 radical (unpaired) electrons. The number of hydrogen-bond donors (Lipinski definition) is 1. The Bertz CT molecular complexity index is 688. The lowest BCUT2D eigenvalue weighted by molar-refractivity contribution is -0.117. The smallest absolute Gasteiger partial charge is 0.238 e. The summed E-state index contributed by atoms with van der Waals surface area (Å²) in [5.41, 5.74) is 2.78. The number of benzene rings is 2. The van der Waals surface area contributed by atoms with E-state index >= 15 is 0 Å². The molecule has 0 bridgehead atoms. The van der Waals surface area contributed by atoms with E-state index in [2.05, 4.69) is 21.2 Å². The Morgan fingerprint density at radius 1 is 1.26 bits per heavy atom. The summed E-state index contributed by atoms with van der Waals surface area (Å²) >= 11 is 3.41. The minimum absolute atomic E-state index is 0.0207. The van der Waals surface area contributed by atoms with Gasteiger partial charge < -0.3 is 5.32 Å². The van der Waals surface area contributed by atoms with Crippen molar-refractivity contribution < 1.29 is 9.18 Å². The fraction of sp³-hybridized carbons (Fsp3) is 0.278. The van der Waals surface area contributed by atoms with E-state index < -0.39 is 0 Å². The monoisotopic (exact) mass is 378 g/mol. The lowest BCUT2D eigenvalue weighted by atomic mass is 10.1. The quantitative estimate of drug-likeness (QED) is 0.828. The first-order valence-corrected chi connectivity index (χ1v) is 8.18. The average molecular weight is 379 g/mol. The van der Waals surface area contributed by atoms with E-state index in [9.17, 15) is 9.18 Å². The maximum atomic E-state index is 13.0. The van der Waals surface area contributed by atoms with Crippen molar-refractivity contribution in [1.82, 2.24) is 4.90 Å². The molecule has 1 amide bonds. The molecule has 5 heteroatoms. The maximum absolute atomic E-state index is 13.0. The summed E-state index contributed by atoms with van der Waals surface area (Å²) in [6.07, 6.45) is 0. The van der Waals surface area contributed by atoms with Gasteiger partial charge in [0, 0.05) is 16.2 Å². The van der Waals surface area contributed by atoms with E-state index in [0.29, 0.717) is 0 Å². The Kier molecular flexibility index (Phi) is 5.91. The Labute approximate surface area is 144 Å². The molecule has 1 atom stereocenters. The molecule has 0 aliphatic heterocycles. The first-order valence-electron chi connectivity index (χ1n) is 7.38. The van der Waals surface area contributed by atoms with E-state index in [1.54, 1.807) is 12.1 Å². The summed E-state index contributed by atoms with van der Waals surface area (Å²) in [5.74, 6) is -0.334. The number of carbonyl (C=O) groups is 1. The van der Waals surface area contributed by atoms with Gasteiger partial charge in [0.15, 0.2) is 0 Å². The third-order valence-corrected chi connectivity index (χ3v) is 4.36. The van der Waals surface area contributed by atoms with Gasteiger partial charge in [-0.05, 0) is 62.4 Å². The number of nitrogens with zero attached hydrogens (tertiary/aromatic N) is 1. The number of carbonyl (C=O) groups excluding carboxylic acids is 1. The van der Waals surface area contributed by atoms with Crippen LogP contribution in [0.1, 0.15) is 24.1 Å². The largest absolute Gasteiger partial charge is 0.325 e.